The molecule has 0 atom stereocenters. The minimum atomic E-state index is -0.227. The number of nitrogens with one attached hydrogen (secondary N) is 1. The van der Waals surface area contributed by atoms with E-state index in [0.29, 0.717) is 6.54 Å². The Labute approximate surface area is 97.1 Å². The number of aliphatic hydroxyl groups excluding tert-OH is 2. The van der Waals surface area contributed by atoms with Crippen LogP contribution in [0.25, 0.3) is 0 Å². The lowest BCUT2D eigenvalue weighted by Crippen LogP contribution is -2.35. The predicted octanol–water partition coefficient (Wildman–Crippen LogP) is 1.08. The van der Waals surface area contributed by atoms with Gasteiger partial charge in [0.2, 0.25) is 0 Å². The summed E-state index contributed by atoms with van der Waals surface area (Å²) in [6.07, 6.45) is 2.28. The van der Waals surface area contributed by atoms with Gasteiger partial charge >= 0.3 is 0 Å². The number of hydrogen-bond acceptors (Lipinski definition) is 3. The molecule has 90 valence electrons. The third kappa shape index (κ3) is 4.31. The Morgan fingerprint density at radius 2 is 1.62 bits per heavy atom. The van der Waals surface area contributed by atoms with Crippen LogP contribution in [-0.4, -0.2) is 29.5 Å². The van der Waals surface area contributed by atoms with Gasteiger partial charge in [0.25, 0.3) is 0 Å². The molecule has 0 radical (unpaired) electrons. The van der Waals surface area contributed by atoms with Crippen LogP contribution in [0.3, 0.4) is 0 Å². The summed E-state index contributed by atoms with van der Waals surface area (Å²) < 4.78 is 0. The zero-order chi connectivity index (χ0) is 11.8. The van der Waals surface area contributed by atoms with Crippen molar-refractivity contribution in [1.29, 1.82) is 0 Å². The Kier molecular flexibility index (Phi) is 6.08. The highest BCUT2D eigenvalue weighted by molar-refractivity contribution is 5.22. The highest BCUT2D eigenvalue weighted by Gasteiger charge is 2.03. The predicted molar refractivity (Wildman–Crippen MR) is 65.2 cm³/mol. The second-order valence-corrected chi connectivity index (χ2v) is 4.01. The van der Waals surface area contributed by atoms with Gasteiger partial charge in [-0.25, -0.2) is 0 Å². The molecule has 0 unspecified atom stereocenters. The lowest BCUT2D eigenvalue weighted by atomic mass is 10.1. The zero-order valence-corrected chi connectivity index (χ0v) is 9.82. The van der Waals surface area contributed by atoms with E-state index in [1.807, 2.05) is 0 Å². The van der Waals surface area contributed by atoms with Crippen molar-refractivity contribution in [1.82, 2.24) is 5.32 Å². The molecule has 0 heterocycles. The summed E-state index contributed by atoms with van der Waals surface area (Å²) in [6.45, 7) is 2.77. The van der Waals surface area contributed by atoms with Crippen molar-refractivity contribution in [3.05, 3.63) is 35.4 Å². The molecule has 0 fully saturated rings. The Hall–Kier alpha value is -0.900. The van der Waals surface area contributed by atoms with E-state index in [2.05, 4.69) is 36.5 Å². The standard InChI is InChI=1S/C13H21NO2/c1-2-3-11-4-6-12(7-5-11)8-14-13(9-15)10-16/h4-7,13-16H,2-3,8-10H2,1H3. The third-order valence-corrected chi connectivity index (χ3v) is 2.60. The summed E-state index contributed by atoms with van der Waals surface area (Å²) in [5.74, 6) is 0. The van der Waals surface area contributed by atoms with Gasteiger partial charge in [-0.1, -0.05) is 37.6 Å². The van der Waals surface area contributed by atoms with E-state index in [9.17, 15) is 0 Å². The summed E-state index contributed by atoms with van der Waals surface area (Å²) in [5, 5.41) is 20.9. The third-order valence-electron chi connectivity index (χ3n) is 2.60. The number of hydrogen-bond donors (Lipinski definition) is 3. The van der Waals surface area contributed by atoms with Crippen LogP contribution in [0.1, 0.15) is 24.5 Å². The maximum atomic E-state index is 8.90. The molecule has 0 spiro atoms. The van der Waals surface area contributed by atoms with E-state index in [0.717, 1.165) is 12.8 Å². The van der Waals surface area contributed by atoms with E-state index in [-0.39, 0.29) is 19.3 Å². The van der Waals surface area contributed by atoms with Crippen LogP contribution in [0.5, 0.6) is 0 Å². The molecular formula is C13H21NO2. The monoisotopic (exact) mass is 223 g/mol. The Morgan fingerprint density at radius 1 is 1.06 bits per heavy atom. The van der Waals surface area contributed by atoms with Gasteiger partial charge in [0.1, 0.15) is 0 Å². The molecule has 0 aliphatic rings. The van der Waals surface area contributed by atoms with Gasteiger partial charge in [-0.15, -0.1) is 0 Å². The van der Waals surface area contributed by atoms with Crippen LogP contribution in [0.4, 0.5) is 0 Å². The van der Waals surface area contributed by atoms with E-state index < -0.39 is 0 Å². The molecule has 0 saturated carbocycles. The molecule has 1 aromatic carbocycles. The van der Waals surface area contributed by atoms with Crippen molar-refractivity contribution in [3.63, 3.8) is 0 Å². The quantitative estimate of drug-likeness (QED) is 0.648. The molecule has 3 N–H and O–H groups in total. The molecule has 0 saturated heterocycles. The maximum absolute atomic E-state index is 8.90. The Balaban J connectivity index is 2.42. The fraction of sp³-hybridized carbons (Fsp3) is 0.538. The van der Waals surface area contributed by atoms with Gasteiger partial charge in [-0.2, -0.15) is 0 Å². The van der Waals surface area contributed by atoms with Crippen molar-refractivity contribution < 1.29 is 10.2 Å². The fourth-order valence-corrected chi connectivity index (χ4v) is 1.56. The van der Waals surface area contributed by atoms with Crippen LogP contribution in [-0.2, 0) is 13.0 Å². The number of benzene rings is 1. The second-order valence-electron chi connectivity index (χ2n) is 4.01. The first-order valence-electron chi connectivity index (χ1n) is 5.83. The van der Waals surface area contributed by atoms with Crippen molar-refractivity contribution >= 4 is 0 Å². The number of aryl methyl sites for hydroxylation is 1. The van der Waals surface area contributed by atoms with Gasteiger partial charge < -0.3 is 15.5 Å². The SMILES string of the molecule is CCCc1ccc(CNC(CO)CO)cc1. The summed E-state index contributed by atoms with van der Waals surface area (Å²) in [5.41, 5.74) is 2.53. The van der Waals surface area contributed by atoms with Crippen LogP contribution in [0, 0.1) is 0 Å². The van der Waals surface area contributed by atoms with Crippen molar-refractivity contribution in [2.75, 3.05) is 13.2 Å². The number of aliphatic hydroxyl groups is 2. The van der Waals surface area contributed by atoms with Crippen LogP contribution in [0.15, 0.2) is 24.3 Å². The molecule has 0 amide bonds. The summed E-state index contributed by atoms with van der Waals surface area (Å²) in [7, 11) is 0. The van der Waals surface area contributed by atoms with Crippen molar-refractivity contribution in [2.45, 2.75) is 32.4 Å². The Bertz CT molecular complexity index is 280. The summed E-state index contributed by atoms with van der Waals surface area (Å²) >= 11 is 0. The van der Waals surface area contributed by atoms with E-state index in [1.54, 1.807) is 0 Å². The molecule has 0 aliphatic heterocycles. The van der Waals surface area contributed by atoms with E-state index >= 15 is 0 Å². The molecule has 16 heavy (non-hydrogen) atoms. The first-order chi connectivity index (χ1) is 7.80. The first kappa shape index (κ1) is 13.2. The van der Waals surface area contributed by atoms with Gasteiger partial charge in [0.05, 0.1) is 19.3 Å². The molecule has 0 bridgehead atoms. The minimum Gasteiger partial charge on any atom is -0.395 e. The highest BCUT2D eigenvalue weighted by atomic mass is 16.3. The van der Waals surface area contributed by atoms with Crippen molar-refractivity contribution in [2.24, 2.45) is 0 Å². The Morgan fingerprint density at radius 3 is 2.12 bits per heavy atom. The minimum absolute atomic E-state index is 0.0373. The lowest BCUT2D eigenvalue weighted by molar-refractivity contribution is 0.170. The second kappa shape index (κ2) is 7.39. The van der Waals surface area contributed by atoms with Crippen molar-refractivity contribution in [3.8, 4) is 0 Å². The molecule has 1 rings (SSSR count). The highest BCUT2D eigenvalue weighted by Crippen LogP contribution is 2.06. The topological polar surface area (TPSA) is 52.5 Å². The molecule has 0 aromatic heterocycles. The zero-order valence-electron chi connectivity index (χ0n) is 9.82. The number of rotatable bonds is 7. The molecule has 3 heteroatoms. The lowest BCUT2D eigenvalue weighted by Gasteiger charge is -2.13. The molecule has 1 aromatic rings. The van der Waals surface area contributed by atoms with E-state index in [1.165, 1.54) is 11.1 Å². The van der Waals surface area contributed by atoms with Gasteiger partial charge in [-0.05, 0) is 17.5 Å². The van der Waals surface area contributed by atoms with Crippen LogP contribution < -0.4 is 5.32 Å². The van der Waals surface area contributed by atoms with Gasteiger partial charge in [0, 0.05) is 6.54 Å². The van der Waals surface area contributed by atoms with Crippen LogP contribution in [0.2, 0.25) is 0 Å². The van der Waals surface area contributed by atoms with Gasteiger partial charge in [0.15, 0.2) is 0 Å². The fourth-order valence-electron chi connectivity index (χ4n) is 1.56. The summed E-state index contributed by atoms with van der Waals surface area (Å²) in [4.78, 5) is 0. The maximum Gasteiger partial charge on any atom is 0.0607 e. The van der Waals surface area contributed by atoms with E-state index in [4.69, 9.17) is 10.2 Å². The average Bonchev–Trinajstić information content (AvgIpc) is 2.33. The van der Waals surface area contributed by atoms with Gasteiger partial charge in [-0.3, -0.25) is 0 Å². The largest absolute Gasteiger partial charge is 0.395 e. The first-order valence-corrected chi connectivity index (χ1v) is 5.83. The normalized spacial score (nSPS) is 11.0. The molecule has 0 aliphatic carbocycles. The molecular weight excluding hydrogens is 202 g/mol. The van der Waals surface area contributed by atoms with Crippen LogP contribution >= 0.6 is 0 Å². The molecule has 3 nitrogen and oxygen atoms in total. The average molecular weight is 223 g/mol. The smallest absolute Gasteiger partial charge is 0.0607 e. The summed E-state index contributed by atoms with van der Waals surface area (Å²) in [6, 6.07) is 8.21.